The first-order chi connectivity index (χ1) is 10.2. The van der Waals surface area contributed by atoms with E-state index in [0.29, 0.717) is 11.6 Å². The summed E-state index contributed by atoms with van der Waals surface area (Å²) in [5.74, 6) is 0.882. The Morgan fingerprint density at radius 1 is 1.24 bits per heavy atom. The lowest BCUT2D eigenvalue weighted by molar-refractivity contribution is 0.339. The normalized spacial score (nSPS) is 12.1. The summed E-state index contributed by atoms with van der Waals surface area (Å²) < 4.78 is 5.59. The topological polar surface area (TPSA) is 34.1 Å². The van der Waals surface area contributed by atoms with Crippen LogP contribution in [0.4, 0.5) is 0 Å². The van der Waals surface area contributed by atoms with E-state index in [-0.39, 0.29) is 6.04 Å². The van der Waals surface area contributed by atoms with Gasteiger partial charge in [0.05, 0.1) is 23.4 Å². The summed E-state index contributed by atoms with van der Waals surface area (Å²) in [5, 5.41) is 4.18. The van der Waals surface area contributed by atoms with Crippen LogP contribution in [0.25, 0.3) is 0 Å². The zero-order valence-corrected chi connectivity index (χ0v) is 13.2. The van der Waals surface area contributed by atoms with Crippen molar-refractivity contribution < 1.29 is 4.74 Å². The molecule has 0 spiro atoms. The number of ether oxygens (including phenoxy) is 1. The van der Waals surface area contributed by atoms with E-state index in [4.69, 9.17) is 16.3 Å². The standard InChI is InChI=1S/C17H21ClN2O/c1-3-10-19-17(16-9-8-14(18)12-20-16)13-6-5-7-15(11-13)21-4-2/h5-9,11-12,17,19H,3-4,10H2,1-2H3. The van der Waals surface area contributed by atoms with Crippen molar-refractivity contribution in [2.75, 3.05) is 13.2 Å². The number of nitrogens with one attached hydrogen (secondary N) is 1. The minimum Gasteiger partial charge on any atom is -0.494 e. The summed E-state index contributed by atoms with van der Waals surface area (Å²) in [6.07, 6.45) is 2.75. The number of benzene rings is 1. The van der Waals surface area contributed by atoms with Gasteiger partial charge in [0.15, 0.2) is 0 Å². The minimum absolute atomic E-state index is 0.0441. The highest BCUT2D eigenvalue weighted by Crippen LogP contribution is 2.25. The first-order valence-electron chi connectivity index (χ1n) is 7.32. The van der Waals surface area contributed by atoms with Gasteiger partial charge >= 0.3 is 0 Å². The second kappa shape index (κ2) is 8.01. The highest BCUT2D eigenvalue weighted by molar-refractivity contribution is 6.30. The number of pyridine rings is 1. The van der Waals surface area contributed by atoms with Crippen LogP contribution in [0.1, 0.15) is 37.6 Å². The first-order valence-corrected chi connectivity index (χ1v) is 7.70. The molecule has 1 atom stereocenters. The lowest BCUT2D eigenvalue weighted by atomic mass is 10.0. The number of aromatic nitrogens is 1. The van der Waals surface area contributed by atoms with Gasteiger partial charge in [-0.25, -0.2) is 0 Å². The Kier molecular flexibility index (Phi) is 6.03. The SMILES string of the molecule is CCCNC(c1cccc(OCC)c1)c1ccc(Cl)cn1. The number of nitrogens with zero attached hydrogens (tertiary/aromatic N) is 1. The molecule has 4 heteroatoms. The van der Waals surface area contributed by atoms with Crippen molar-refractivity contribution >= 4 is 11.6 Å². The van der Waals surface area contributed by atoms with Crippen molar-refractivity contribution in [2.24, 2.45) is 0 Å². The molecular weight excluding hydrogens is 284 g/mol. The van der Waals surface area contributed by atoms with Gasteiger partial charge in [0, 0.05) is 6.20 Å². The maximum Gasteiger partial charge on any atom is 0.119 e. The molecule has 3 nitrogen and oxygen atoms in total. The van der Waals surface area contributed by atoms with E-state index in [1.807, 2.05) is 31.2 Å². The summed E-state index contributed by atoms with van der Waals surface area (Å²) in [4.78, 5) is 4.45. The molecular formula is C17H21ClN2O. The zero-order chi connectivity index (χ0) is 15.1. The van der Waals surface area contributed by atoms with Crippen molar-refractivity contribution in [3.63, 3.8) is 0 Å². The summed E-state index contributed by atoms with van der Waals surface area (Å²) in [6.45, 7) is 5.72. The van der Waals surface area contributed by atoms with Crippen molar-refractivity contribution in [3.05, 3.63) is 58.9 Å². The van der Waals surface area contributed by atoms with E-state index >= 15 is 0 Å². The maximum atomic E-state index is 5.93. The van der Waals surface area contributed by atoms with Gasteiger partial charge in [0.25, 0.3) is 0 Å². The fourth-order valence-corrected chi connectivity index (χ4v) is 2.30. The Morgan fingerprint density at radius 2 is 2.10 bits per heavy atom. The van der Waals surface area contributed by atoms with E-state index in [9.17, 15) is 0 Å². The molecule has 2 aromatic rings. The van der Waals surface area contributed by atoms with Crippen molar-refractivity contribution in [1.29, 1.82) is 0 Å². The highest BCUT2D eigenvalue weighted by Gasteiger charge is 2.15. The van der Waals surface area contributed by atoms with Gasteiger partial charge in [-0.05, 0) is 49.7 Å². The largest absolute Gasteiger partial charge is 0.494 e. The van der Waals surface area contributed by atoms with Gasteiger partial charge in [-0.2, -0.15) is 0 Å². The average Bonchev–Trinajstić information content (AvgIpc) is 2.50. The summed E-state index contributed by atoms with van der Waals surface area (Å²) in [7, 11) is 0. The molecule has 0 aliphatic carbocycles. The molecule has 0 saturated carbocycles. The smallest absolute Gasteiger partial charge is 0.119 e. The van der Waals surface area contributed by atoms with Gasteiger partial charge < -0.3 is 10.1 Å². The molecule has 0 aliphatic rings. The first kappa shape index (κ1) is 15.8. The summed E-state index contributed by atoms with van der Waals surface area (Å²) in [6, 6.07) is 12.0. The number of hydrogen-bond acceptors (Lipinski definition) is 3. The molecule has 1 aromatic heterocycles. The molecule has 0 saturated heterocycles. The van der Waals surface area contributed by atoms with Crippen molar-refractivity contribution in [1.82, 2.24) is 10.3 Å². The highest BCUT2D eigenvalue weighted by atomic mass is 35.5. The number of hydrogen-bond donors (Lipinski definition) is 1. The molecule has 1 aromatic carbocycles. The molecule has 1 N–H and O–H groups in total. The van der Waals surface area contributed by atoms with Crippen LogP contribution in [0, 0.1) is 0 Å². The van der Waals surface area contributed by atoms with Crippen LogP contribution in [0.2, 0.25) is 5.02 Å². The van der Waals surface area contributed by atoms with Crippen LogP contribution in [0.5, 0.6) is 5.75 Å². The van der Waals surface area contributed by atoms with Gasteiger partial charge in [-0.15, -0.1) is 0 Å². The predicted octanol–water partition coefficient (Wildman–Crippen LogP) is 4.22. The fraction of sp³-hybridized carbons (Fsp3) is 0.353. The molecule has 0 amide bonds. The zero-order valence-electron chi connectivity index (χ0n) is 12.5. The van der Waals surface area contributed by atoms with Crippen LogP contribution in [-0.4, -0.2) is 18.1 Å². The quantitative estimate of drug-likeness (QED) is 0.831. The van der Waals surface area contributed by atoms with E-state index in [0.717, 1.165) is 30.0 Å². The molecule has 0 fully saturated rings. The second-order valence-corrected chi connectivity index (χ2v) is 5.23. The molecule has 1 unspecified atom stereocenters. The van der Waals surface area contributed by atoms with Crippen LogP contribution in [-0.2, 0) is 0 Å². The van der Waals surface area contributed by atoms with Crippen LogP contribution >= 0.6 is 11.6 Å². The molecule has 21 heavy (non-hydrogen) atoms. The molecule has 112 valence electrons. The number of halogens is 1. The van der Waals surface area contributed by atoms with Crippen LogP contribution in [0.3, 0.4) is 0 Å². The van der Waals surface area contributed by atoms with Gasteiger partial charge in [0.2, 0.25) is 0 Å². The Labute approximate surface area is 131 Å². The van der Waals surface area contributed by atoms with Gasteiger partial charge in [-0.3, -0.25) is 4.98 Å². The molecule has 0 bridgehead atoms. The third-order valence-corrected chi connectivity index (χ3v) is 3.37. The molecule has 0 aliphatic heterocycles. The summed E-state index contributed by atoms with van der Waals surface area (Å²) >= 11 is 5.93. The van der Waals surface area contributed by atoms with Gasteiger partial charge in [-0.1, -0.05) is 30.7 Å². The molecule has 0 radical (unpaired) electrons. The van der Waals surface area contributed by atoms with Gasteiger partial charge in [0.1, 0.15) is 5.75 Å². The van der Waals surface area contributed by atoms with E-state index in [1.54, 1.807) is 6.20 Å². The number of rotatable bonds is 7. The Morgan fingerprint density at radius 3 is 2.76 bits per heavy atom. The van der Waals surface area contributed by atoms with E-state index in [2.05, 4.69) is 29.4 Å². The van der Waals surface area contributed by atoms with Crippen molar-refractivity contribution in [3.8, 4) is 5.75 Å². The Hall–Kier alpha value is -1.58. The van der Waals surface area contributed by atoms with Crippen LogP contribution < -0.4 is 10.1 Å². The van der Waals surface area contributed by atoms with E-state index in [1.165, 1.54) is 0 Å². The third-order valence-electron chi connectivity index (χ3n) is 3.15. The fourth-order valence-electron chi connectivity index (χ4n) is 2.19. The molecule has 1 heterocycles. The predicted molar refractivity (Wildman–Crippen MR) is 87.0 cm³/mol. The Balaban J connectivity index is 2.30. The lowest BCUT2D eigenvalue weighted by Crippen LogP contribution is -2.24. The third kappa shape index (κ3) is 4.45. The maximum absolute atomic E-state index is 5.93. The summed E-state index contributed by atoms with van der Waals surface area (Å²) in [5.41, 5.74) is 2.10. The van der Waals surface area contributed by atoms with Crippen molar-refractivity contribution in [2.45, 2.75) is 26.3 Å². The lowest BCUT2D eigenvalue weighted by Gasteiger charge is -2.19. The average molecular weight is 305 g/mol. The second-order valence-electron chi connectivity index (χ2n) is 4.79. The Bertz CT molecular complexity index is 557. The van der Waals surface area contributed by atoms with Crippen LogP contribution in [0.15, 0.2) is 42.6 Å². The molecule has 2 rings (SSSR count). The minimum atomic E-state index is 0.0441. The van der Waals surface area contributed by atoms with E-state index < -0.39 is 0 Å². The monoisotopic (exact) mass is 304 g/mol.